The first-order valence-electron chi connectivity index (χ1n) is 10.4. The molecule has 7 nitrogen and oxygen atoms in total. The van der Waals surface area contributed by atoms with Crippen LogP contribution in [-0.2, 0) is 14.2 Å². The van der Waals surface area contributed by atoms with E-state index >= 15 is 0 Å². The normalized spacial score (nSPS) is 27.5. The van der Waals surface area contributed by atoms with E-state index in [4.69, 9.17) is 14.2 Å². The molecule has 164 valence electrons. The molecule has 0 bridgehead atoms. The quantitative estimate of drug-likeness (QED) is 0.354. The van der Waals surface area contributed by atoms with Crippen LogP contribution in [-0.4, -0.2) is 94.2 Å². The van der Waals surface area contributed by atoms with Gasteiger partial charge < -0.3 is 24.4 Å². The highest BCUT2D eigenvalue weighted by Gasteiger charge is 2.32. The maximum absolute atomic E-state index is 6.00. The van der Waals surface area contributed by atoms with Crippen LogP contribution in [0.3, 0.4) is 0 Å². The summed E-state index contributed by atoms with van der Waals surface area (Å²) in [5.41, 5.74) is 0. The average molecular weight is 536 g/mol. The zero-order valence-electron chi connectivity index (χ0n) is 17.1. The van der Waals surface area contributed by atoms with Crippen molar-refractivity contribution in [2.45, 2.75) is 31.1 Å². The second-order valence-electron chi connectivity index (χ2n) is 7.51. The van der Waals surface area contributed by atoms with Gasteiger partial charge in [-0.25, -0.2) is 0 Å². The maximum atomic E-state index is 6.00. The molecular formula is C20H33IN4O3S. The summed E-state index contributed by atoms with van der Waals surface area (Å²) in [6, 6.07) is 4.71. The van der Waals surface area contributed by atoms with Gasteiger partial charge in [0.2, 0.25) is 0 Å². The predicted octanol–water partition coefficient (Wildman–Crippen LogP) is 2.19. The molecule has 3 unspecified atom stereocenters. The lowest BCUT2D eigenvalue weighted by molar-refractivity contribution is -0.0817. The Morgan fingerprint density at radius 3 is 2.72 bits per heavy atom. The molecule has 4 heterocycles. The van der Waals surface area contributed by atoms with Gasteiger partial charge in [0.1, 0.15) is 6.10 Å². The van der Waals surface area contributed by atoms with E-state index in [1.54, 1.807) is 0 Å². The van der Waals surface area contributed by atoms with Gasteiger partial charge in [0.05, 0.1) is 32.0 Å². The number of nitrogens with one attached hydrogen (secondary N) is 1. The summed E-state index contributed by atoms with van der Waals surface area (Å²) in [5, 5.41) is 5.80. The number of hydrogen-bond donors (Lipinski definition) is 1. The number of aliphatic imine (C=N–C) groups is 1. The van der Waals surface area contributed by atoms with E-state index in [1.807, 2.05) is 18.4 Å². The fourth-order valence-corrected chi connectivity index (χ4v) is 5.15. The summed E-state index contributed by atoms with van der Waals surface area (Å²) in [5.74, 6) is 0.959. The maximum Gasteiger partial charge on any atom is 0.193 e. The van der Waals surface area contributed by atoms with Gasteiger partial charge in [-0.1, -0.05) is 6.07 Å². The number of thiophene rings is 1. The van der Waals surface area contributed by atoms with Gasteiger partial charge in [-0.15, -0.1) is 35.3 Å². The van der Waals surface area contributed by atoms with Gasteiger partial charge in [-0.05, 0) is 24.3 Å². The molecule has 9 heteroatoms. The first kappa shape index (κ1) is 23.2. The predicted molar refractivity (Wildman–Crippen MR) is 127 cm³/mol. The largest absolute Gasteiger partial charge is 0.379 e. The van der Waals surface area contributed by atoms with Gasteiger partial charge in [-0.2, -0.15) is 0 Å². The Labute approximate surface area is 194 Å². The molecule has 3 atom stereocenters. The molecular weight excluding hydrogens is 503 g/mol. The average Bonchev–Trinajstić information content (AvgIpc) is 3.46. The lowest BCUT2D eigenvalue weighted by Crippen LogP contribution is -2.54. The van der Waals surface area contributed by atoms with Crippen LogP contribution in [0, 0.1) is 0 Å². The molecule has 1 N–H and O–H groups in total. The highest BCUT2D eigenvalue weighted by molar-refractivity contribution is 14.0. The number of hydrogen-bond acceptors (Lipinski definition) is 6. The van der Waals surface area contributed by atoms with Gasteiger partial charge >= 0.3 is 0 Å². The first-order valence-corrected chi connectivity index (χ1v) is 11.3. The SMILES string of the molecule is CN=C(NCC(c1cccs1)N1CCOCC1)N1CCOC(C2CCCO2)C1.I. The van der Waals surface area contributed by atoms with Crippen molar-refractivity contribution < 1.29 is 14.2 Å². The Balaban J connectivity index is 0.00000240. The third-order valence-corrected chi connectivity index (χ3v) is 6.77. The van der Waals surface area contributed by atoms with Gasteiger partial charge in [-0.3, -0.25) is 9.89 Å². The Morgan fingerprint density at radius 2 is 2.03 bits per heavy atom. The molecule has 0 radical (unpaired) electrons. The molecule has 1 aromatic rings. The first-order chi connectivity index (χ1) is 13.8. The molecule has 0 spiro atoms. The van der Waals surface area contributed by atoms with Crippen LogP contribution in [0.25, 0.3) is 0 Å². The molecule has 29 heavy (non-hydrogen) atoms. The lowest BCUT2D eigenvalue weighted by Gasteiger charge is -2.38. The molecule has 3 saturated heterocycles. The van der Waals surface area contributed by atoms with Gasteiger partial charge in [0, 0.05) is 51.3 Å². The molecule has 3 aliphatic heterocycles. The molecule has 1 aromatic heterocycles. The van der Waals surface area contributed by atoms with Crippen LogP contribution >= 0.6 is 35.3 Å². The Bertz CT molecular complexity index is 621. The standard InChI is InChI=1S/C20H32N4O3S.HI/c1-21-20(24-8-12-27-18(15-24)17-4-2-9-26-17)22-14-16(19-5-3-13-28-19)23-6-10-25-11-7-23;/h3,5,13,16-18H,2,4,6-12,14-15H2,1H3,(H,21,22);1H. The third-order valence-electron chi connectivity index (χ3n) is 5.80. The van der Waals surface area contributed by atoms with Crippen LogP contribution in [0.1, 0.15) is 23.8 Å². The Hall–Kier alpha value is -0.460. The van der Waals surface area contributed by atoms with Crippen LogP contribution in [0.4, 0.5) is 0 Å². The molecule has 0 saturated carbocycles. The van der Waals surface area contributed by atoms with Crippen molar-refractivity contribution in [1.82, 2.24) is 15.1 Å². The number of guanidine groups is 1. The zero-order valence-corrected chi connectivity index (χ0v) is 20.3. The van der Waals surface area contributed by atoms with E-state index in [0.717, 1.165) is 78.0 Å². The summed E-state index contributed by atoms with van der Waals surface area (Å²) in [6.07, 6.45) is 2.61. The lowest BCUT2D eigenvalue weighted by atomic mass is 10.1. The van der Waals surface area contributed by atoms with E-state index in [1.165, 1.54) is 4.88 Å². The topological polar surface area (TPSA) is 58.6 Å². The smallest absolute Gasteiger partial charge is 0.193 e. The highest BCUT2D eigenvalue weighted by atomic mass is 127. The van der Waals surface area contributed by atoms with Crippen molar-refractivity contribution in [3.05, 3.63) is 22.4 Å². The summed E-state index contributed by atoms with van der Waals surface area (Å²) in [6.45, 7) is 7.70. The number of halogens is 1. The summed E-state index contributed by atoms with van der Waals surface area (Å²) >= 11 is 1.82. The van der Waals surface area contributed by atoms with Gasteiger partial charge in [0.15, 0.2) is 5.96 Å². The monoisotopic (exact) mass is 536 g/mol. The summed E-state index contributed by atoms with van der Waals surface area (Å²) in [4.78, 5) is 10.8. The van der Waals surface area contributed by atoms with Crippen LogP contribution in [0.2, 0.25) is 0 Å². The second kappa shape index (κ2) is 11.8. The van der Waals surface area contributed by atoms with Gasteiger partial charge in [0.25, 0.3) is 0 Å². The number of morpholine rings is 2. The van der Waals surface area contributed by atoms with Crippen molar-refractivity contribution >= 4 is 41.3 Å². The third kappa shape index (κ3) is 6.04. The van der Waals surface area contributed by atoms with E-state index < -0.39 is 0 Å². The van der Waals surface area contributed by atoms with Crippen molar-refractivity contribution in [1.29, 1.82) is 0 Å². The van der Waals surface area contributed by atoms with Crippen molar-refractivity contribution in [2.75, 3.05) is 66.2 Å². The van der Waals surface area contributed by atoms with E-state index in [0.29, 0.717) is 6.04 Å². The van der Waals surface area contributed by atoms with Crippen molar-refractivity contribution in [3.8, 4) is 0 Å². The zero-order chi connectivity index (χ0) is 19.2. The van der Waals surface area contributed by atoms with E-state index in [-0.39, 0.29) is 36.2 Å². The number of rotatable bonds is 5. The van der Waals surface area contributed by atoms with E-state index in [2.05, 4.69) is 37.6 Å². The minimum atomic E-state index is 0. The summed E-state index contributed by atoms with van der Waals surface area (Å²) < 4.78 is 17.4. The number of nitrogens with zero attached hydrogens (tertiary/aromatic N) is 3. The minimum absolute atomic E-state index is 0. The fourth-order valence-electron chi connectivity index (χ4n) is 4.29. The molecule has 0 aromatic carbocycles. The van der Waals surface area contributed by atoms with E-state index in [9.17, 15) is 0 Å². The minimum Gasteiger partial charge on any atom is -0.379 e. The molecule has 0 aliphatic carbocycles. The van der Waals surface area contributed by atoms with Crippen molar-refractivity contribution in [2.24, 2.45) is 4.99 Å². The van der Waals surface area contributed by atoms with Crippen LogP contribution in [0.5, 0.6) is 0 Å². The van der Waals surface area contributed by atoms with Crippen LogP contribution < -0.4 is 5.32 Å². The number of ether oxygens (including phenoxy) is 3. The summed E-state index contributed by atoms with van der Waals surface area (Å²) in [7, 11) is 1.87. The van der Waals surface area contributed by atoms with Crippen molar-refractivity contribution in [3.63, 3.8) is 0 Å². The highest BCUT2D eigenvalue weighted by Crippen LogP contribution is 2.26. The Kier molecular flexibility index (Phi) is 9.45. The van der Waals surface area contributed by atoms with Crippen LogP contribution in [0.15, 0.2) is 22.5 Å². The second-order valence-corrected chi connectivity index (χ2v) is 8.49. The Morgan fingerprint density at radius 1 is 1.21 bits per heavy atom. The fraction of sp³-hybridized carbons (Fsp3) is 0.750. The molecule has 0 amide bonds. The molecule has 4 rings (SSSR count). The molecule has 3 fully saturated rings. The molecule has 3 aliphatic rings.